The molecule has 0 radical (unpaired) electrons. The monoisotopic (exact) mass is 220 g/mol. The summed E-state index contributed by atoms with van der Waals surface area (Å²) in [4.78, 5) is 4.40. The zero-order valence-electron chi connectivity index (χ0n) is 11.2. The first-order chi connectivity index (χ1) is 7.50. The van der Waals surface area contributed by atoms with Crippen LogP contribution >= 0.6 is 0 Å². The fraction of sp³-hybridized carbons (Fsp3) is 0.571. The number of hydrogen-bond donors (Lipinski definition) is 0. The Balaban J connectivity index is 2.59. The first kappa shape index (κ1) is 13.0. The molecule has 0 saturated carbocycles. The molecular weight excluding hydrogens is 196 g/mol. The molecule has 0 saturated heterocycles. The van der Waals surface area contributed by atoms with E-state index in [1.54, 1.807) is 0 Å². The Morgan fingerprint density at radius 1 is 1.06 bits per heavy atom. The summed E-state index contributed by atoms with van der Waals surface area (Å²) < 4.78 is 0. The maximum atomic E-state index is 2.31. The van der Waals surface area contributed by atoms with E-state index in [1.165, 1.54) is 29.7 Å². The van der Waals surface area contributed by atoms with E-state index in [2.05, 4.69) is 63.1 Å². The first-order valence-electron chi connectivity index (χ1n) is 5.92. The molecule has 0 N–H and O–H groups in total. The van der Waals surface area contributed by atoms with Crippen LogP contribution in [-0.2, 0) is 6.42 Å². The van der Waals surface area contributed by atoms with Crippen LogP contribution in [-0.4, -0.2) is 39.6 Å². The summed E-state index contributed by atoms with van der Waals surface area (Å²) in [6.07, 6.45) is 2.40. The summed E-state index contributed by atoms with van der Waals surface area (Å²) in [5.41, 5.74) is 4.13. The van der Waals surface area contributed by atoms with Gasteiger partial charge in [-0.05, 0) is 57.6 Å². The third-order valence-electron chi connectivity index (χ3n) is 2.81. The van der Waals surface area contributed by atoms with Gasteiger partial charge in [-0.3, -0.25) is 0 Å². The van der Waals surface area contributed by atoms with Crippen LogP contribution in [0, 0.1) is 6.92 Å². The maximum Gasteiger partial charge on any atom is 0.0390 e. The molecule has 0 aromatic heterocycles. The van der Waals surface area contributed by atoms with Gasteiger partial charge in [0.1, 0.15) is 0 Å². The number of rotatable bonds is 5. The second-order valence-corrected chi connectivity index (χ2v) is 4.92. The van der Waals surface area contributed by atoms with Crippen molar-refractivity contribution in [2.45, 2.75) is 19.8 Å². The van der Waals surface area contributed by atoms with Crippen molar-refractivity contribution in [3.63, 3.8) is 0 Å². The van der Waals surface area contributed by atoms with Gasteiger partial charge in [0, 0.05) is 19.8 Å². The Morgan fingerprint density at radius 2 is 1.75 bits per heavy atom. The van der Waals surface area contributed by atoms with E-state index in [-0.39, 0.29) is 0 Å². The molecule has 0 amide bonds. The summed E-state index contributed by atoms with van der Waals surface area (Å²) in [5.74, 6) is 0. The van der Waals surface area contributed by atoms with Crippen LogP contribution in [0.4, 0.5) is 5.69 Å². The Morgan fingerprint density at radius 3 is 2.25 bits per heavy atom. The van der Waals surface area contributed by atoms with Gasteiger partial charge in [-0.1, -0.05) is 12.1 Å². The minimum absolute atomic E-state index is 1.16. The molecule has 0 heterocycles. The van der Waals surface area contributed by atoms with Gasteiger partial charge in [0.15, 0.2) is 0 Å². The molecular formula is C14H24N2. The van der Waals surface area contributed by atoms with E-state index in [4.69, 9.17) is 0 Å². The highest BCUT2D eigenvalue weighted by molar-refractivity contribution is 5.53. The average Bonchev–Trinajstić information content (AvgIpc) is 2.16. The van der Waals surface area contributed by atoms with Crippen LogP contribution < -0.4 is 4.90 Å². The van der Waals surface area contributed by atoms with Gasteiger partial charge in [-0.25, -0.2) is 0 Å². The van der Waals surface area contributed by atoms with Gasteiger partial charge in [0.25, 0.3) is 0 Å². The van der Waals surface area contributed by atoms with Crippen LogP contribution in [0.15, 0.2) is 18.2 Å². The van der Waals surface area contributed by atoms with Crippen molar-refractivity contribution < 1.29 is 0 Å². The van der Waals surface area contributed by atoms with E-state index in [0.29, 0.717) is 0 Å². The minimum Gasteiger partial charge on any atom is -0.377 e. The standard InChI is InChI=1S/C14H24N2/c1-12-11-13(7-6-10-15(2)3)8-9-14(12)16(4)5/h8-9,11H,6-7,10H2,1-5H3. The Labute approximate surface area is 99.9 Å². The van der Waals surface area contributed by atoms with Crippen molar-refractivity contribution in [1.82, 2.24) is 4.90 Å². The van der Waals surface area contributed by atoms with Crippen molar-refractivity contribution in [3.05, 3.63) is 29.3 Å². The Kier molecular flexibility index (Phi) is 4.81. The number of hydrogen-bond acceptors (Lipinski definition) is 2. The molecule has 1 aromatic carbocycles. The summed E-state index contributed by atoms with van der Waals surface area (Å²) in [7, 11) is 8.43. The number of anilines is 1. The highest BCUT2D eigenvalue weighted by Gasteiger charge is 2.02. The Bertz CT molecular complexity index is 330. The van der Waals surface area contributed by atoms with Crippen molar-refractivity contribution >= 4 is 5.69 Å². The lowest BCUT2D eigenvalue weighted by Crippen LogP contribution is -2.13. The third-order valence-corrected chi connectivity index (χ3v) is 2.81. The normalized spacial score (nSPS) is 10.9. The predicted molar refractivity (Wildman–Crippen MR) is 72.4 cm³/mol. The fourth-order valence-electron chi connectivity index (χ4n) is 1.97. The quantitative estimate of drug-likeness (QED) is 0.752. The smallest absolute Gasteiger partial charge is 0.0390 e. The molecule has 1 aromatic rings. The van der Waals surface area contributed by atoms with Gasteiger partial charge < -0.3 is 9.80 Å². The van der Waals surface area contributed by atoms with Crippen LogP contribution in [0.25, 0.3) is 0 Å². The fourth-order valence-corrected chi connectivity index (χ4v) is 1.97. The zero-order valence-corrected chi connectivity index (χ0v) is 11.2. The van der Waals surface area contributed by atoms with E-state index in [1.807, 2.05) is 0 Å². The number of aryl methyl sites for hydroxylation is 2. The van der Waals surface area contributed by atoms with Gasteiger partial charge in [0.05, 0.1) is 0 Å². The summed E-state index contributed by atoms with van der Waals surface area (Å²) >= 11 is 0. The van der Waals surface area contributed by atoms with E-state index >= 15 is 0 Å². The summed E-state index contributed by atoms with van der Waals surface area (Å²) in [6.45, 7) is 3.35. The minimum atomic E-state index is 1.16. The molecule has 1 rings (SSSR count). The lowest BCUT2D eigenvalue weighted by Gasteiger charge is -2.16. The summed E-state index contributed by atoms with van der Waals surface area (Å²) in [6, 6.07) is 6.78. The molecule has 0 aliphatic carbocycles. The van der Waals surface area contributed by atoms with Crippen molar-refractivity contribution in [3.8, 4) is 0 Å². The van der Waals surface area contributed by atoms with Crippen LogP contribution in [0.3, 0.4) is 0 Å². The molecule has 0 bridgehead atoms. The van der Waals surface area contributed by atoms with Crippen molar-refractivity contribution in [2.75, 3.05) is 39.6 Å². The second-order valence-electron chi connectivity index (χ2n) is 4.92. The molecule has 90 valence electrons. The van der Waals surface area contributed by atoms with E-state index in [0.717, 1.165) is 6.54 Å². The number of nitrogens with zero attached hydrogens (tertiary/aromatic N) is 2. The average molecular weight is 220 g/mol. The van der Waals surface area contributed by atoms with Crippen LogP contribution in [0.2, 0.25) is 0 Å². The molecule has 2 heteroatoms. The molecule has 0 fully saturated rings. The van der Waals surface area contributed by atoms with E-state index in [9.17, 15) is 0 Å². The molecule has 0 unspecified atom stereocenters. The van der Waals surface area contributed by atoms with E-state index < -0.39 is 0 Å². The molecule has 0 aliphatic rings. The number of benzene rings is 1. The predicted octanol–water partition coefficient (Wildman–Crippen LogP) is 2.56. The first-order valence-corrected chi connectivity index (χ1v) is 5.92. The Hall–Kier alpha value is -1.02. The maximum absolute atomic E-state index is 2.31. The molecule has 2 nitrogen and oxygen atoms in total. The van der Waals surface area contributed by atoms with Crippen LogP contribution in [0.1, 0.15) is 17.5 Å². The van der Waals surface area contributed by atoms with Gasteiger partial charge in [0.2, 0.25) is 0 Å². The van der Waals surface area contributed by atoms with Gasteiger partial charge in [-0.15, -0.1) is 0 Å². The lowest BCUT2D eigenvalue weighted by molar-refractivity contribution is 0.400. The highest BCUT2D eigenvalue weighted by Crippen LogP contribution is 2.19. The molecule has 16 heavy (non-hydrogen) atoms. The SMILES string of the molecule is Cc1cc(CCCN(C)C)ccc1N(C)C. The topological polar surface area (TPSA) is 6.48 Å². The molecule has 0 atom stereocenters. The second kappa shape index (κ2) is 5.90. The highest BCUT2D eigenvalue weighted by atomic mass is 15.1. The van der Waals surface area contributed by atoms with Gasteiger partial charge >= 0.3 is 0 Å². The van der Waals surface area contributed by atoms with Gasteiger partial charge in [-0.2, -0.15) is 0 Å². The van der Waals surface area contributed by atoms with Crippen molar-refractivity contribution in [2.24, 2.45) is 0 Å². The van der Waals surface area contributed by atoms with Crippen LogP contribution in [0.5, 0.6) is 0 Å². The summed E-state index contributed by atoms with van der Waals surface area (Å²) in [5, 5.41) is 0. The largest absolute Gasteiger partial charge is 0.377 e. The molecule has 0 aliphatic heterocycles. The third kappa shape index (κ3) is 3.86. The zero-order chi connectivity index (χ0) is 12.1. The molecule has 0 spiro atoms. The lowest BCUT2D eigenvalue weighted by atomic mass is 10.0. The van der Waals surface area contributed by atoms with Crippen molar-refractivity contribution in [1.29, 1.82) is 0 Å².